The molecule has 0 aromatic carbocycles. The van der Waals surface area contributed by atoms with E-state index in [1.54, 1.807) is 0 Å². The summed E-state index contributed by atoms with van der Waals surface area (Å²) >= 11 is 0. The second kappa shape index (κ2) is 2.46. The van der Waals surface area contributed by atoms with Crippen molar-refractivity contribution < 1.29 is 4.74 Å². The Morgan fingerprint density at radius 2 is 2.00 bits per heavy atom. The standard InChI is InChI=1S/C9H17NO/c1-9(11-2)6-10(7-9)8-4-3-5-8/h8H,3-7H2,1-2H3. The fraction of sp³-hybridized carbons (Fsp3) is 1.00. The maximum absolute atomic E-state index is 5.38. The molecule has 1 heterocycles. The largest absolute Gasteiger partial charge is 0.376 e. The zero-order valence-corrected chi connectivity index (χ0v) is 7.47. The van der Waals surface area contributed by atoms with Crippen molar-refractivity contribution in [1.82, 2.24) is 4.90 Å². The quantitative estimate of drug-likeness (QED) is 0.595. The summed E-state index contributed by atoms with van der Waals surface area (Å²) in [4.78, 5) is 2.55. The monoisotopic (exact) mass is 155 g/mol. The van der Waals surface area contributed by atoms with Crippen LogP contribution in [0.3, 0.4) is 0 Å². The SMILES string of the molecule is COC1(C)CN(C2CCC2)C1. The molecule has 1 aliphatic heterocycles. The van der Waals surface area contributed by atoms with Gasteiger partial charge in [-0.1, -0.05) is 6.42 Å². The molecule has 64 valence electrons. The van der Waals surface area contributed by atoms with E-state index in [1.165, 1.54) is 19.3 Å². The molecule has 0 radical (unpaired) electrons. The lowest BCUT2D eigenvalue weighted by molar-refractivity contribution is -0.136. The van der Waals surface area contributed by atoms with Crippen molar-refractivity contribution in [1.29, 1.82) is 0 Å². The predicted molar refractivity (Wildman–Crippen MR) is 44.6 cm³/mol. The molecule has 1 aliphatic carbocycles. The molecule has 2 heteroatoms. The van der Waals surface area contributed by atoms with Crippen LogP contribution in [0.2, 0.25) is 0 Å². The Kier molecular flexibility index (Phi) is 1.69. The smallest absolute Gasteiger partial charge is 0.0903 e. The summed E-state index contributed by atoms with van der Waals surface area (Å²) in [5.74, 6) is 0. The summed E-state index contributed by atoms with van der Waals surface area (Å²) in [5.41, 5.74) is 0.176. The minimum absolute atomic E-state index is 0.176. The lowest BCUT2D eigenvalue weighted by atomic mass is 9.85. The molecule has 1 saturated heterocycles. The highest BCUT2D eigenvalue weighted by Crippen LogP contribution is 2.33. The maximum Gasteiger partial charge on any atom is 0.0903 e. The molecule has 0 spiro atoms. The zero-order valence-electron chi connectivity index (χ0n) is 7.47. The Balaban J connectivity index is 1.78. The molecule has 2 nitrogen and oxygen atoms in total. The topological polar surface area (TPSA) is 12.5 Å². The Morgan fingerprint density at radius 3 is 2.36 bits per heavy atom. The third kappa shape index (κ3) is 1.18. The van der Waals surface area contributed by atoms with Crippen molar-refractivity contribution in [3.05, 3.63) is 0 Å². The first-order valence-electron chi connectivity index (χ1n) is 4.53. The van der Waals surface area contributed by atoms with Gasteiger partial charge in [0.15, 0.2) is 0 Å². The van der Waals surface area contributed by atoms with Crippen LogP contribution in [0.25, 0.3) is 0 Å². The van der Waals surface area contributed by atoms with Crippen LogP contribution in [0.15, 0.2) is 0 Å². The van der Waals surface area contributed by atoms with Gasteiger partial charge in [0.05, 0.1) is 5.60 Å². The van der Waals surface area contributed by atoms with E-state index >= 15 is 0 Å². The fourth-order valence-corrected chi connectivity index (χ4v) is 1.95. The highest BCUT2D eigenvalue weighted by molar-refractivity contribution is 4.98. The van der Waals surface area contributed by atoms with Gasteiger partial charge in [-0.15, -0.1) is 0 Å². The molecule has 0 amide bonds. The van der Waals surface area contributed by atoms with E-state index in [0.717, 1.165) is 19.1 Å². The molecule has 1 saturated carbocycles. The average molecular weight is 155 g/mol. The second-order valence-electron chi connectivity index (χ2n) is 4.14. The molecule has 0 bridgehead atoms. The maximum atomic E-state index is 5.38. The second-order valence-corrected chi connectivity index (χ2v) is 4.14. The van der Waals surface area contributed by atoms with Gasteiger partial charge in [0.1, 0.15) is 0 Å². The molecule has 0 N–H and O–H groups in total. The summed E-state index contributed by atoms with van der Waals surface area (Å²) in [6.45, 7) is 4.49. The lowest BCUT2D eigenvalue weighted by Crippen LogP contribution is -2.65. The van der Waals surface area contributed by atoms with E-state index in [2.05, 4.69) is 11.8 Å². The molecular formula is C9H17NO. The highest BCUT2D eigenvalue weighted by atomic mass is 16.5. The molecule has 2 aliphatic rings. The number of likely N-dealkylation sites (tertiary alicyclic amines) is 1. The normalized spacial score (nSPS) is 31.1. The van der Waals surface area contributed by atoms with Crippen molar-refractivity contribution >= 4 is 0 Å². The Labute approximate surface area is 68.5 Å². The van der Waals surface area contributed by atoms with Gasteiger partial charge < -0.3 is 4.74 Å². The molecule has 2 rings (SSSR count). The van der Waals surface area contributed by atoms with E-state index in [9.17, 15) is 0 Å². The van der Waals surface area contributed by atoms with Gasteiger partial charge in [0.2, 0.25) is 0 Å². The van der Waals surface area contributed by atoms with Gasteiger partial charge in [-0.2, -0.15) is 0 Å². The van der Waals surface area contributed by atoms with Crippen molar-refractivity contribution in [3.8, 4) is 0 Å². The van der Waals surface area contributed by atoms with E-state index in [4.69, 9.17) is 4.74 Å². The van der Waals surface area contributed by atoms with Crippen LogP contribution in [0.1, 0.15) is 26.2 Å². The molecular weight excluding hydrogens is 138 g/mol. The average Bonchev–Trinajstić information content (AvgIpc) is 1.80. The Bertz CT molecular complexity index is 148. The van der Waals surface area contributed by atoms with Gasteiger partial charge in [-0.05, 0) is 19.8 Å². The van der Waals surface area contributed by atoms with Crippen molar-refractivity contribution in [2.75, 3.05) is 20.2 Å². The van der Waals surface area contributed by atoms with Crippen LogP contribution in [0.5, 0.6) is 0 Å². The van der Waals surface area contributed by atoms with Gasteiger partial charge in [0.25, 0.3) is 0 Å². The lowest BCUT2D eigenvalue weighted by Gasteiger charge is -2.53. The number of hydrogen-bond donors (Lipinski definition) is 0. The van der Waals surface area contributed by atoms with Gasteiger partial charge in [-0.3, -0.25) is 4.90 Å². The number of nitrogens with zero attached hydrogens (tertiary/aromatic N) is 1. The predicted octanol–water partition coefficient (Wildman–Crippen LogP) is 1.26. The first-order chi connectivity index (χ1) is 5.23. The van der Waals surface area contributed by atoms with E-state index < -0.39 is 0 Å². The first kappa shape index (κ1) is 7.56. The summed E-state index contributed by atoms with van der Waals surface area (Å²) in [6.07, 6.45) is 4.27. The van der Waals surface area contributed by atoms with Gasteiger partial charge in [0, 0.05) is 26.2 Å². The van der Waals surface area contributed by atoms with Gasteiger partial charge >= 0.3 is 0 Å². The number of rotatable bonds is 2. The first-order valence-corrected chi connectivity index (χ1v) is 4.53. The van der Waals surface area contributed by atoms with Crippen LogP contribution < -0.4 is 0 Å². The van der Waals surface area contributed by atoms with Crippen LogP contribution >= 0.6 is 0 Å². The van der Waals surface area contributed by atoms with Crippen LogP contribution in [0, 0.1) is 0 Å². The molecule has 0 unspecified atom stereocenters. The molecule has 0 atom stereocenters. The molecule has 2 fully saturated rings. The highest BCUT2D eigenvalue weighted by Gasteiger charge is 2.43. The summed E-state index contributed by atoms with van der Waals surface area (Å²) in [6, 6.07) is 0.901. The minimum atomic E-state index is 0.176. The van der Waals surface area contributed by atoms with E-state index in [0.29, 0.717) is 0 Å². The molecule has 0 aromatic rings. The Morgan fingerprint density at radius 1 is 1.36 bits per heavy atom. The summed E-state index contributed by atoms with van der Waals surface area (Å²) in [7, 11) is 1.82. The number of hydrogen-bond acceptors (Lipinski definition) is 2. The molecule has 0 aromatic heterocycles. The Hall–Kier alpha value is -0.0800. The third-order valence-electron chi connectivity index (χ3n) is 3.16. The fourth-order valence-electron chi connectivity index (χ4n) is 1.95. The van der Waals surface area contributed by atoms with Crippen LogP contribution in [-0.2, 0) is 4.74 Å². The minimum Gasteiger partial charge on any atom is -0.376 e. The summed E-state index contributed by atoms with van der Waals surface area (Å²) < 4.78 is 5.38. The number of ether oxygens (including phenoxy) is 1. The van der Waals surface area contributed by atoms with Crippen molar-refractivity contribution in [2.45, 2.75) is 37.8 Å². The number of methoxy groups -OCH3 is 1. The van der Waals surface area contributed by atoms with Crippen molar-refractivity contribution in [3.63, 3.8) is 0 Å². The van der Waals surface area contributed by atoms with Crippen LogP contribution in [0.4, 0.5) is 0 Å². The summed E-state index contributed by atoms with van der Waals surface area (Å²) in [5, 5.41) is 0. The van der Waals surface area contributed by atoms with E-state index in [1.807, 2.05) is 7.11 Å². The van der Waals surface area contributed by atoms with Crippen molar-refractivity contribution in [2.24, 2.45) is 0 Å². The molecule has 11 heavy (non-hydrogen) atoms. The van der Waals surface area contributed by atoms with Gasteiger partial charge in [-0.25, -0.2) is 0 Å². The van der Waals surface area contributed by atoms with Crippen LogP contribution in [-0.4, -0.2) is 36.7 Å². The zero-order chi connectivity index (χ0) is 7.90. The third-order valence-corrected chi connectivity index (χ3v) is 3.16. The van der Waals surface area contributed by atoms with E-state index in [-0.39, 0.29) is 5.60 Å².